The minimum atomic E-state index is -0.946. The van der Waals surface area contributed by atoms with Crippen LogP contribution >= 0.6 is 11.3 Å². The van der Waals surface area contributed by atoms with Crippen LogP contribution in [-0.4, -0.2) is 34.3 Å². The van der Waals surface area contributed by atoms with E-state index in [0.29, 0.717) is 23.0 Å². The van der Waals surface area contributed by atoms with Gasteiger partial charge in [-0.05, 0) is 51.0 Å². The second kappa shape index (κ2) is 7.87. The standard InChI is InChI=1S/C19H21N3O4S/c1-10-8-14(15(18(24)25)9-11(10)2)16(23)20-19-22-21-17(27-19)12-4-6-13(26-3)7-5-12/h4-7,14-15H,8-9H2,1-3H3,(H,24,25)(H,20,22,23). The highest BCUT2D eigenvalue weighted by Crippen LogP contribution is 2.35. The van der Waals surface area contributed by atoms with E-state index in [1.165, 1.54) is 11.3 Å². The largest absolute Gasteiger partial charge is 0.497 e. The predicted octanol–water partition coefficient (Wildman–Crippen LogP) is 3.60. The molecule has 2 aromatic rings. The fourth-order valence-electron chi connectivity index (χ4n) is 3.15. The summed E-state index contributed by atoms with van der Waals surface area (Å²) in [5, 5.41) is 21.4. The van der Waals surface area contributed by atoms with Crippen molar-refractivity contribution in [1.82, 2.24) is 10.2 Å². The molecule has 1 amide bonds. The van der Waals surface area contributed by atoms with E-state index < -0.39 is 17.8 Å². The number of aliphatic carboxylic acids is 1. The van der Waals surface area contributed by atoms with Gasteiger partial charge in [-0.1, -0.05) is 22.5 Å². The Morgan fingerprint density at radius 1 is 1.11 bits per heavy atom. The number of ether oxygens (including phenoxy) is 1. The fourth-order valence-corrected chi connectivity index (χ4v) is 3.90. The predicted molar refractivity (Wildman–Crippen MR) is 103 cm³/mol. The fraction of sp³-hybridized carbons (Fsp3) is 0.368. The van der Waals surface area contributed by atoms with Gasteiger partial charge in [-0.3, -0.25) is 9.59 Å². The molecule has 0 aliphatic heterocycles. The highest BCUT2D eigenvalue weighted by molar-refractivity contribution is 7.18. The van der Waals surface area contributed by atoms with Gasteiger partial charge in [0.2, 0.25) is 11.0 Å². The Morgan fingerprint density at radius 2 is 1.74 bits per heavy atom. The Labute approximate surface area is 161 Å². The molecule has 0 spiro atoms. The molecule has 0 saturated heterocycles. The van der Waals surface area contributed by atoms with Crippen molar-refractivity contribution < 1.29 is 19.4 Å². The second-order valence-electron chi connectivity index (χ2n) is 6.65. The molecule has 0 saturated carbocycles. The number of rotatable bonds is 5. The van der Waals surface area contributed by atoms with E-state index in [9.17, 15) is 14.7 Å². The highest BCUT2D eigenvalue weighted by Gasteiger charge is 2.37. The summed E-state index contributed by atoms with van der Waals surface area (Å²) in [4.78, 5) is 24.3. The number of anilines is 1. The Bertz CT molecular complexity index is 889. The Kier molecular flexibility index (Phi) is 5.55. The van der Waals surface area contributed by atoms with Crippen LogP contribution in [0, 0.1) is 11.8 Å². The first-order valence-electron chi connectivity index (χ1n) is 8.56. The van der Waals surface area contributed by atoms with Crippen LogP contribution in [0.15, 0.2) is 35.4 Å². The van der Waals surface area contributed by atoms with Gasteiger partial charge in [-0.2, -0.15) is 0 Å². The van der Waals surface area contributed by atoms with E-state index in [2.05, 4.69) is 15.5 Å². The molecule has 1 aliphatic rings. The summed E-state index contributed by atoms with van der Waals surface area (Å²) in [5.41, 5.74) is 2.98. The lowest BCUT2D eigenvalue weighted by molar-refractivity contribution is -0.146. The summed E-state index contributed by atoms with van der Waals surface area (Å²) in [5.74, 6) is -1.86. The summed E-state index contributed by atoms with van der Waals surface area (Å²) in [6.07, 6.45) is 0.839. The first-order chi connectivity index (χ1) is 12.9. The van der Waals surface area contributed by atoms with Gasteiger partial charge in [0, 0.05) is 5.56 Å². The average Bonchev–Trinajstić information content (AvgIpc) is 3.11. The van der Waals surface area contributed by atoms with E-state index in [4.69, 9.17) is 4.74 Å². The molecule has 1 heterocycles. The number of aromatic nitrogens is 2. The molecule has 27 heavy (non-hydrogen) atoms. The minimum absolute atomic E-state index is 0.327. The maximum absolute atomic E-state index is 12.7. The summed E-state index contributed by atoms with van der Waals surface area (Å²) in [6, 6.07) is 7.38. The SMILES string of the molecule is COc1ccc(-c2nnc(NC(=O)C3CC(C)=C(C)CC3C(=O)O)s2)cc1. The summed E-state index contributed by atoms with van der Waals surface area (Å²) in [7, 11) is 1.60. The monoisotopic (exact) mass is 387 g/mol. The normalized spacial score (nSPS) is 19.7. The molecule has 7 nitrogen and oxygen atoms in total. The smallest absolute Gasteiger partial charge is 0.307 e. The van der Waals surface area contributed by atoms with E-state index >= 15 is 0 Å². The topological polar surface area (TPSA) is 101 Å². The van der Waals surface area contributed by atoms with Gasteiger partial charge in [-0.25, -0.2) is 0 Å². The number of hydrogen-bond donors (Lipinski definition) is 2. The van der Waals surface area contributed by atoms with E-state index in [0.717, 1.165) is 22.5 Å². The molecule has 1 aliphatic carbocycles. The van der Waals surface area contributed by atoms with E-state index in [1.807, 2.05) is 38.1 Å². The zero-order valence-corrected chi connectivity index (χ0v) is 16.2. The quantitative estimate of drug-likeness (QED) is 0.760. The number of benzene rings is 1. The lowest BCUT2D eigenvalue weighted by Crippen LogP contribution is -2.36. The van der Waals surface area contributed by atoms with E-state index in [1.54, 1.807) is 7.11 Å². The molecular weight excluding hydrogens is 366 g/mol. The van der Waals surface area contributed by atoms with Crippen LogP contribution in [0.2, 0.25) is 0 Å². The van der Waals surface area contributed by atoms with Crippen molar-refractivity contribution in [3.8, 4) is 16.3 Å². The van der Waals surface area contributed by atoms with Crippen molar-refractivity contribution in [2.45, 2.75) is 26.7 Å². The molecular formula is C19H21N3O4S. The molecule has 0 bridgehead atoms. The van der Waals surface area contributed by atoms with Crippen LogP contribution < -0.4 is 10.1 Å². The molecule has 2 unspecified atom stereocenters. The second-order valence-corrected chi connectivity index (χ2v) is 7.63. The third-order valence-electron chi connectivity index (χ3n) is 4.91. The average molecular weight is 387 g/mol. The van der Waals surface area contributed by atoms with Gasteiger partial charge in [0.15, 0.2) is 0 Å². The van der Waals surface area contributed by atoms with Crippen molar-refractivity contribution in [2.24, 2.45) is 11.8 Å². The maximum Gasteiger partial charge on any atom is 0.307 e. The number of carbonyl (C=O) groups excluding carboxylic acids is 1. The third kappa shape index (κ3) is 4.16. The number of hydrogen-bond acceptors (Lipinski definition) is 6. The molecule has 142 valence electrons. The summed E-state index contributed by atoms with van der Waals surface area (Å²) >= 11 is 1.25. The zero-order chi connectivity index (χ0) is 19.6. The van der Waals surface area contributed by atoms with Crippen molar-refractivity contribution in [3.63, 3.8) is 0 Å². The van der Waals surface area contributed by atoms with Gasteiger partial charge >= 0.3 is 5.97 Å². The maximum atomic E-state index is 12.7. The van der Waals surface area contributed by atoms with Gasteiger partial charge in [0.1, 0.15) is 10.8 Å². The van der Waals surface area contributed by atoms with Crippen molar-refractivity contribution in [3.05, 3.63) is 35.4 Å². The van der Waals surface area contributed by atoms with Gasteiger partial charge in [0.05, 0.1) is 18.9 Å². The zero-order valence-electron chi connectivity index (χ0n) is 15.4. The molecule has 3 rings (SSSR count). The Hall–Kier alpha value is -2.74. The molecule has 0 fully saturated rings. The Balaban J connectivity index is 1.74. The van der Waals surface area contributed by atoms with E-state index in [-0.39, 0.29) is 5.91 Å². The summed E-state index contributed by atoms with van der Waals surface area (Å²) < 4.78 is 5.13. The number of allylic oxidation sites excluding steroid dienone is 2. The van der Waals surface area contributed by atoms with Crippen molar-refractivity contribution in [2.75, 3.05) is 12.4 Å². The van der Waals surface area contributed by atoms with Gasteiger partial charge in [-0.15, -0.1) is 10.2 Å². The minimum Gasteiger partial charge on any atom is -0.497 e. The van der Waals surface area contributed by atoms with Crippen LogP contribution in [0.3, 0.4) is 0 Å². The van der Waals surface area contributed by atoms with Crippen molar-refractivity contribution >= 4 is 28.3 Å². The molecule has 1 aromatic heterocycles. The number of nitrogens with zero attached hydrogens (tertiary/aromatic N) is 2. The number of amides is 1. The van der Waals surface area contributed by atoms with Crippen LogP contribution in [0.4, 0.5) is 5.13 Å². The lowest BCUT2D eigenvalue weighted by Gasteiger charge is -2.29. The first kappa shape index (κ1) is 19.0. The van der Waals surface area contributed by atoms with Crippen LogP contribution in [0.25, 0.3) is 10.6 Å². The van der Waals surface area contributed by atoms with Crippen LogP contribution in [0.1, 0.15) is 26.7 Å². The molecule has 1 aromatic carbocycles. The van der Waals surface area contributed by atoms with Crippen LogP contribution in [0.5, 0.6) is 5.75 Å². The highest BCUT2D eigenvalue weighted by atomic mass is 32.1. The van der Waals surface area contributed by atoms with Gasteiger partial charge in [0.25, 0.3) is 0 Å². The third-order valence-corrected chi connectivity index (χ3v) is 5.80. The molecule has 2 atom stereocenters. The number of methoxy groups -OCH3 is 1. The number of carbonyl (C=O) groups is 2. The van der Waals surface area contributed by atoms with Crippen molar-refractivity contribution in [1.29, 1.82) is 0 Å². The first-order valence-corrected chi connectivity index (χ1v) is 9.37. The molecule has 8 heteroatoms. The molecule has 0 radical (unpaired) electrons. The number of carboxylic acid groups (broad SMARTS) is 1. The number of nitrogens with one attached hydrogen (secondary N) is 1. The van der Waals surface area contributed by atoms with Gasteiger partial charge < -0.3 is 15.2 Å². The Morgan fingerprint density at radius 3 is 2.33 bits per heavy atom. The molecule has 2 N–H and O–H groups in total. The summed E-state index contributed by atoms with van der Waals surface area (Å²) in [6.45, 7) is 3.87. The van der Waals surface area contributed by atoms with Crippen LogP contribution in [-0.2, 0) is 9.59 Å². The lowest BCUT2D eigenvalue weighted by atomic mass is 9.76. The number of carboxylic acids is 1.